The number of rotatable bonds is 4. The van der Waals surface area contributed by atoms with Crippen LogP contribution >= 0.6 is 27.3 Å². The SMILES string of the molecule is CCOC(=O)c1cccc(NC(=O)c2ccc(Br)s2)c1. The largest absolute Gasteiger partial charge is 0.462 e. The van der Waals surface area contributed by atoms with Gasteiger partial charge < -0.3 is 10.1 Å². The predicted molar refractivity (Wildman–Crippen MR) is 82.4 cm³/mol. The molecule has 1 N–H and O–H groups in total. The van der Waals surface area contributed by atoms with Crippen LogP contribution in [0.4, 0.5) is 5.69 Å². The third-order valence-electron chi connectivity index (χ3n) is 2.43. The summed E-state index contributed by atoms with van der Waals surface area (Å²) in [6.45, 7) is 2.07. The summed E-state index contributed by atoms with van der Waals surface area (Å²) in [5, 5.41) is 2.75. The molecular weight excluding hydrogens is 342 g/mol. The first-order valence-corrected chi connectivity index (χ1v) is 7.55. The molecule has 1 amide bonds. The number of hydrogen-bond donors (Lipinski definition) is 1. The van der Waals surface area contributed by atoms with E-state index < -0.39 is 5.97 Å². The number of benzene rings is 1. The maximum atomic E-state index is 12.0. The summed E-state index contributed by atoms with van der Waals surface area (Å²) in [5.74, 6) is -0.607. The molecular formula is C14H12BrNO3S. The van der Waals surface area contributed by atoms with E-state index in [-0.39, 0.29) is 5.91 Å². The lowest BCUT2D eigenvalue weighted by atomic mass is 10.2. The van der Waals surface area contributed by atoms with E-state index in [1.807, 2.05) is 6.07 Å². The van der Waals surface area contributed by atoms with Gasteiger partial charge in [-0.2, -0.15) is 0 Å². The van der Waals surface area contributed by atoms with E-state index in [0.29, 0.717) is 22.7 Å². The second-order valence-electron chi connectivity index (χ2n) is 3.86. The Hall–Kier alpha value is -1.66. The molecule has 4 nitrogen and oxygen atoms in total. The lowest BCUT2D eigenvalue weighted by Gasteiger charge is -2.06. The molecule has 2 aromatic rings. The molecule has 1 aromatic heterocycles. The third-order valence-corrected chi connectivity index (χ3v) is 4.05. The van der Waals surface area contributed by atoms with Gasteiger partial charge in [-0.05, 0) is 53.2 Å². The zero-order valence-electron chi connectivity index (χ0n) is 10.7. The van der Waals surface area contributed by atoms with E-state index >= 15 is 0 Å². The molecule has 0 fully saturated rings. The lowest BCUT2D eigenvalue weighted by Crippen LogP contribution is -2.11. The molecule has 0 aliphatic heterocycles. The summed E-state index contributed by atoms with van der Waals surface area (Å²) in [4.78, 5) is 24.2. The number of carbonyl (C=O) groups excluding carboxylic acids is 2. The van der Waals surface area contributed by atoms with E-state index in [0.717, 1.165) is 3.79 Å². The Labute approximate surface area is 128 Å². The predicted octanol–water partition coefficient (Wildman–Crippen LogP) is 3.94. The van der Waals surface area contributed by atoms with Gasteiger partial charge in [-0.15, -0.1) is 11.3 Å². The van der Waals surface area contributed by atoms with Crippen LogP contribution in [0, 0.1) is 0 Å². The fourth-order valence-corrected chi connectivity index (χ4v) is 2.85. The minimum Gasteiger partial charge on any atom is -0.462 e. The fourth-order valence-electron chi connectivity index (χ4n) is 1.57. The van der Waals surface area contributed by atoms with Gasteiger partial charge in [0.15, 0.2) is 0 Å². The van der Waals surface area contributed by atoms with Gasteiger partial charge >= 0.3 is 5.97 Å². The van der Waals surface area contributed by atoms with Crippen molar-refractivity contribution in [2.24, 2.45) is 0 Å². The van der Waals surface area contributed by atoms with Crippen LogP contribution in [0.15, 0.2) is 40.2 Å². The van der Waals surface area contributed by atoms with Crippen LogP contribution in [0.1, 0.15) is 27.0 Å². The quantitative estimate of drug-likeness (QED) is 0.847. The van der Waals surface area contributed by atoms with E-state index in [1.54, 1.807) is 37.3 Å². The second kappa shape index (κ2) is 6.67. The van der Waals surface area contributed by atoms with E-state index in [1.165, 1.54) is 11.3 Å². The highest BCUT2D eigenvalue weighted by Crippen LogP contribution is 2.23. The molecule has 20 heavy (non-hydrogen) atoms. The molecule has 1 heterocycles. The smallest absolute Gasteiger partial charge is 0.338 e. The van der Waals surface area contributed by atoms with Crippen LogP contribution < -0.4 is 5.32 Å². The van der Waals surface area contributed by atoms with Gasteiger partial charge in [-0.1, -0.05) is 6.07 Å². The Kier molecular flexibility index (Phi) is 4.92. The maximum absolute atomic E-state index is 12.0. The zero-order chi connectivity index (χ0) is 14.5. The lowest BCUT2D eigenvalue weighted by molar-refractivity contribution is 0.0526. The van der Waals surface area contributed by atoms with Crippen molar-refractivity contribution in [2.45, 2.75) is 6.92 Å². The van der Waals surface area contributed by atoms with Crippen molar-refractivity contribution in [1.82, 2.24) is 0 Å². The van der Waals surface area contributed by atoms with Crippen LogP contribution in [-0.4, -0.2) is 18.5 Å². The average Bonchev–Trinajstić information content (AvgIpc) is 2.86. The van der Waals surface area contributed by atoms with Crippen molar-refractivity contribution >= 4 is 44.8 Å². The minimum absolute atomic E-state index is 0.207. The van der Waals surface area contributed by atoms with Gasteiger partial charge in [0, 0.05) is 5.69 Å². The van der Waals surface area contributed by atoms with Crippen molar-refractivity contribution < 1.29 is 14.3 Å². The number of halogens is 1. The molecule has 6 heteroatoms. The first-order valence-electron chi connectivity index (χ1n) is 5.94. The normalized spacial score (nSPS) is 10.1. The van der Waals surface area contributed by atoms with Gasteiger partial charge in [-0.25, -0.2) is 4.79 Å². The van der Waals surface area contributed by atoms with Crippen molar-refractivity contribution in [3.8, 4) is 0 Å². The molecule has 0 atom stereocenters. The number of nitrogens with one attached hydrogen (secondary N) is 1. The van der Waals surface area contributed by atoms with E-state index in [4.69, 9.17) is 4.74 Å². The highest BCUT2D eigenvalue weighted by molar-refractivity contribution is 9.11. The first-order chi connectivity index (χ1) is 9.60. The molecule has 0 bridgehead atoms. The molecule has 0 spiro atoms. The summed E-state index contributed by atoms with van der Waals surface area (Å²) >= 11 is 4.66. The van der Waals surface area contributed by atoms with Gasteiger partial charge in [0.2, 0.25) is 0 Å². The van der Waals surface area contributed by atoms with Crippen molar-refractivity contribution in [3.05, 3.63) is 50.6 Å². The molecule has 0 saturated carbocycles. The molecule has 2 rings (SSSR count). The monoisotopic (exact) mass is 353 g/mol. The Morgan fingerprint density at radius 2 is 2.10 bits per heavy atom. The van der Waals surface area contributed by atoms with Gasteiger partial charge in [-0.3, -0.25) is 4.79 Å². The Morgan fingerprint density at radius 1 is 1.30 bits per heavy atom. The number of amides is 1. The van der Waals surface area contributed by atoms with Crippen LogP contribution in [0.3, 0.4) is 0 Å². The summed E-state index contributed by atoms with van der Waals surface area (Å²) in [6, 6.07) is 10.2. The van der Waals surface area contributed by atoms with E-state index in [2.05, 4.69) is 21.2 Å². The standard InChI is InChI=1S/C14H12BrNO3S/c1-2-19-14(18)9-4-3-5-10(8-9)16-13(17)11-6-7-12(15)20-11/h3-8H,2H2,1H3,(H,16,17). The van der Waals surface area contributed by atoms with E-state index in [9.17, 15) is 9.59 Å². The fraction of sp³-hybridized carbons (Fsp3) is 0.143. The Bertz CT molecular complexity index is 639. The summed E-state index contributed by atoms with van der Waals surface area (Å²) in [6.07, 6.45) is 0. The molecule has 0 aliphatic rings. The van der Waals surface area contributed by atoms with Gasteiger partial charge in [0.25, 0.3) is 5.91 Å². The van der Waals surface area contributed by atoms with Crippen LogP contribution in [0.25, 0.3) is 0 Å². The molecule has 0 unspecified atom stereocenters. The number of thiophene rings is 1. The number of esters is 1. The average molecular weight is 354 g/mol. The van der Waals surface area contributed by atoms with Crippen LogP contribution in [0.2, 0.25) is 0 Å². The number of carbonyl (C=O) groups is 2. The summed E-state index contributed by atoms with van der Waals surface area (Å²) < 4.78 is 5.81. The van der Waals surface area contributed by atoms with Crippen molar-refractivity contribution in [2.75, 3.05) is 11.9 Å². The van der Waals surface area contributed by atoms with Gasteiger partial charge in [0.05, 0.1) is 20.8 Å². The Morgan fingerprint density at radius 3 is 2.75 bits per heavy atom. The topological polar surface area (TPSA) is 55.4 Å². The Balaban J connectivity index is 2.12. The molecule has 0 saturated heterocycles. The maximum Gasteiger partial charge on any atom is 0.338 e. The van der Waals surface area contributed by atoms with Crippen molar-refractivity contribution in [1.29, 1.82) is 0 Å². The van der Waals surface area contributed by atoms with Crippen LogP contribution in [0.5, 0.6) is 0 Å². The number of ether oxygens (including phenoxy) is 1. The number of anilines is 1. The summed E-state index contributed by atoms with van der Waals surface area (Å²) in [5.41, 5.74) is 0.974. The third kappa shape index (κ3) is 3.68. The van der Waals surface area contributed by atoms with Gasteiger partial charge in [0.1, 0.15) is 0 Å². The minimum atomic E-state index is -0.400. The molecule has 0 aliphatic carbocycles. The number of hydrogen-bond acceptors (Lipinski definition) is 4. The second-order valence-corrected chi connectivity index (χ2v) is 6.32. The highest BCUT2D eigenvalue weighted by atomic mass is 79.9. The summed E-state index contributed by atoms with van der Waals surface area (Å²) in [7, 11) is 0. The molecule has 104 valence electrons. The molecule has 0 radical (unpaired) electrons. The first kappa shape index (κ1) is 14.7. The van der Waals surface area contributed by atoms with Crippen LogP contribution in [-0.2, 0) is 4.74 Å². The highest BCUT2D eigenvalue weighted by Gasteiger charge is 2.11. The molecule has 1 aromatic carbocycles. The zero-order valence-corrected chi connectivity index (χ0v) is 13.1. The van der Waals surface area contributed by atoms with Crippen molar-refractivity contribution in [3.63, 3.8) is 0 Å².